The van der Waals surface area contributed by atoms with Gasteiger partial charge in [-0.05, 0) is 56.5 Å². The maximum Gasteiger partial charge on any atom is 0.254 e. The fourth-order valence-electron chi connectivity index (χ4n) is 3.09. The molecule has 2 aromatic carbocycles. The molecular formula is C20H22N2O2. The molecule has 4 heteroatoms. The van der Waals surface area contributed by atoms with E-state index in [9.17, 15) is 9.59 Å². The number of nitrogens with zero attached hydrogens (tertiary/aromatic N) is 1. The van der Waals surface area contributed by atoms with E-state index < -0.39 is 6.04 Å². The summed E-state index contributed by atoms with van der Waals surface area (Å²) in [5, 5.41) is 2.94. The van der Waals surface area contributed by atoms with E-state index in [0.717, 1.165) is 23.2 Å². The number of benzene rings is 2. The van der Waals surface area contributed by atoms with Crippen LogP contribution in [0.25, 0.3) is 0 Å². The number of anilines is 1. The second-order valence-electron chi connectivity index (χ2n) is 6.38. The van der Waals surface area contributed by atoms with E-state index in [1.54, 1.807) is 4.90 Å². The molecule has 1 aliphatic rings. The van der Waals surface area contributed by atoms with Crippen LogP contribution < -0.4 is 5.32 Å². The van der Waals surface area contributed by atoms with Crippen molar-refractivity contribution < 1.29 is 9.59 Å². The number of aryl methyl sites for hydroxylation is 2. The Kier molecular flexibility index (Phi) is 4.65. The topological polar surface area (TPSA) is 49.4 Å². The molecule has 0 radical (unpaired) electrons. The molecule has 1 atom stereocenters. The number of likely N-dealkylation sites (tertiary alicyclic amines) is 1. The van der Waals surface area contributed by atoms with Gasteiger partial charge >= 0.3 is 0 Å². The van der Waals surface area contributed by atoms with Gasteiger partial charge in [-0.1, -0.05) is 29.8 Å². The minimum Gasteiger partial charge on any atom is -0.327 e. The van der Waals surface area contributed by atoms with Crippen LogP contribution in [-0.4, -0.2) is 29.3 Å². The number of amides is 2. The van der Waals surface area contributed by atoms with E-state index in [4.69, 9.17) is 0 Å². The van der Waals surface area contributed by atoms with Crippen LogP contribution in [0.1, 0.15) is 34.3 Å². The summed E-state index contributed by atoms with van der Waals surface area (Å²) in [7, 11) is 0. The quantitative estimate of drug-likeness (QED) is 0.939. The van der Waals surface area contributed by atoms with Crippen molar-refractivity contribution in [1.82, 2.24) is 4.90 Å². The van der Waals surface area contributed by atoms with Crippen LogP contribution in [0.2, 0.25) is 0 Å². The fraction of sp³-hybridized carbons (Fsp3) is 0.300. The minimum atomic E-state index is -0.403. The molecule has 0 spiro atoms. The number of carbonyl (C=O) groups excluding carboxylic acids is 2. The summed E-state index contributed by atoms with van der Waals surface area (Å²) < 4.78 is 0. The first-order chi connectivity index (χ1) is 11.5. The average Bonchev–Trinajstić information content (AvgIpc) is 3.04. The summed E-state index contributed by atoms with van der Waals surface area (Å²) in [5.74, 6) is -0.185. The van der Waals surface area contributed by atoms with Crippen LogP contribution >= 0.6 is 0 Å². The summed E-state index contributed by atoms with van der Waals surface area (Å²) in [6, 6.07) is 14.8. The van der Waals surface area contributed by atoms with Crippen molar-refractivity contribution in [3.8, 4) is 0 Å². The highest BCUT2D eigenvalue weighted by molar-refractivity contribution is 6.01. The van der Waals surface area contributed by atoms with Gasteiger partial charge < -0.3 is 10.2 Å². The molecule has 1 aliphatic heterocycles. The van der Waals surface area contributed by atoms with Gasteiger partial charge in [-0.15, -0.1) is 0 Å². The number of carbonyl (C=O) groups is 2. The maximum absolute atomic E-state index is 12.7. The molecule has 0 saturated carbocycles. The van der Waals surface area contributed by atoms with E-state index in [1.807, 2.05) is 62.4 Å². The molecule has 0 unspecified atom stereocenters. The number of nitrogens with one attached hydrogen (secondary N) is 1. The second kappa shape index (κ2) is 6.87. The van der Waals surface area contributed by atoms with Gasteiger partial charge in [-0.25, -0.2) is 0 Å². The number of hydrogen-bond donors (Lipinski definition) is 1. The molecule has 4 nitrogen and oxygen atoms in total. The first-order valence-corrected chi connectivity index (χ1v) is 8.30. The van der Waals surface area contributed by atoms with E-state index in [0.29, 0.717) is 18.5 Å². The van der Waals surface area contributed by atoms with Gasteiger partial charge in [-0.2, -0.15) is 0 Å². The Morgan fingerprint density at radius 1 is 1.04 bits per heavy atom. The van der Waals surface area contributed by atoms with Crippen LogP contribution in [0.4, 0.5) is 5.69 Å². The molecule has 24 heavy (non-hydrogen) atoms. The van der Waals surface area contributed by atoms with Crippen LogP contribution in [0.5, 0.6) is 0 Å². The van der Waals surface area contributed by atoms with Gasteiger partial charge in [0, 0.05) is 17.8 Å². The first-order valence-electron chi connectivity index (χ1n) is 8.30. The predicted octanol–water partition coefficient (Wildman–Crippen LogP) is 3.55. The molecule has 3 rings (SSSR count). The van der Waals surface area contributed by atoms with Crippen LogP contribution in [0, 0.1) is 13.8 Å². The molecule has 0 bridgehead atoms. The zero-order valence-corrected chi connectivity index (χ0v) is 14.1. The molecule has 124 valence electrons. The second-order valence-corrected chi connectivity index (χ2v) is 6.38. The summed E-state index contributed by atoms with van der Waals surface area (Å²) in [6.45, 7) is 4.60. The smallest absolute Gasteiger partial charge is 0.254 e. The Morgan fingerprint density at radius 2 is 1.79 bits per heavy atom. The highest BCUT2D eigenvalue weighted by Gasteiger charge is 2.34. The van der Waals surface area contributed by atoms with E-state index in [-0.39, 0.29) is 11.8 Å². The Morgan fingerprint density at radius 3 is 2.50 bits per heavy atom. The maximum atomic E-state index is 12.7. The highest BCUT2D eigenvalue weighted by atomic mass is 16.2. The van der Waals surface area contributed by atoms with Crippen molar-refractivity contribution in [3.63, 3.8) is 0 Å². The Labute approximate surface area is 142 Å². The summed E-state index contributed by atoms with van der Waals surface area (Å²) in [5.41, 5.74) is 3.61. The van der Waals surface area contributed by atoms with Crippen molar-refractivity contribution >= 4 is 17.5 Å². The lowest BCUT2D eigenvalue weighted by molar-refractivity contribution is -0.119. The van der Waals surface area contributed by atoms with Crippen LogP contribution in [0.15, 0.2) is 48.5 Å². The average molecular weight is 322 g/mol. The van der Waals surface area contributed by atoms with Gasteiger partial charge in [0.2, 0.25) is 5.91 Å². The summed E-state index contributed by atoms with van der Waals surface area (Å²) in [4.78, 5) is 27.0. The zero-order chi connectivity index (χ0) is 17.1. The molecule has 2 amide bonds. The number of rotatable bonds is 3. The fourth-order valence-corrected chi connectivity index (χ4v) is 3.09. The van der Waals surface area contributed by atoms with Crippen molar-refractivity contribution in [2.75, 3.05) is 11.9 Å². The van der Waals surface area contributed by atoms with E-state index >= 15 is 0 Å². The largest absolute Gasteiger partial charge is 0.327 e. The lowest BCUT2D eigenvalue weighted by atomic mass is 10.1. The van der Waals surface area contributed by atoms with Crippen molar-refractivity contribution in [3.05, 3.63) is 65.2 Å². The number of hydrogen-bond acceptors (Lipinski definition) is 2. The van der Waals surface area contributed by atoms with Gasteiger partial charge in [0.1, 0.15) is 6.04 Å². The van der Waals surface area contributed by atoms with Gasteiger partial charge in [0.05, 0.1) is 0 Å². The van der Waals surface area contributed by atoms with Gasteiger partial charge in [-0.3, -0.25) is 9.59 Å². The molecule has 2 aromatic rings. The monoisotopic (exact) mass is 322 g/mol. The normalized spacial score (nSPS) is 16.9. The predicted molar refractivity (Wildman–Crippen MR) is 95.0 cm³/mol. The van der Waals surface area contributed by atoms with E-state index in [2.05, 4.69) is 5.32 Å². The van der Waals surface area contributed by atoms with Crippen molar-refractivity contribution in [2.24, 2.45) is 0 Å². The van der Waals surface area contributed by atoms with Crippen LogP contribution in [0.3, 0.4) is 0 Å². The van der Waals surface area contributed by atoms with Gasteiger partial charge in [0.15, 0.2) is 0 Å². The molecular weight excluding hydrogens is 300 g/mol. The Hall–Kier alpha value is -2.62. The highest BCUT2D eigenvalue weighted by Crippen LogP contribution is 2.22. The summed E-state index contributed by atoms with van der Waals surface area (Å²) in [6.07, 6.45) is 1.55. The zero-order valence-electron chi connectivity index (χ0n) is 14.1. The van der Waals surface area contributed by atoms with Crippen molar-refractivity contribution in [1.29, 1.82) is 0 Å². The molecule has 0 aliphatic carbocycles. The standard InChI is InChI=1S/C20H22N2O2/c1-14-8-10-16(11-9-14)20(24)22-12-4-7-18(22)19(23)21-17-6-3-5-15(2)13-17/h3,5-6,8-11,13,18H,4,7,12H2,1-2H3,(H,21,23)/t18-/m0/s1. The Bertz CT molecular complexity index is 752. The third kappa shape index (κ3) is 3.48. The minimum absolute atomic E-state index is 0.0723. The SMILES string of the molecule is Cc1ccc(C(=O)N2CCC[C@H]2C(=O)Nc2cccc(C)c2)cc1. The third-order valence-corrected chi connectivity index (χ3v) is 4.40. The summed E-state index contributed by atoms with van der Waals surface area (Å²) >= 11 is 0. The van der Waals surface area contributed by atoms with Gasteiger partial charge in [0.25, 0.3) is 5.91 Å². The lowest BCUT2D eigenvalue weighted by Gasteiger charge is -2.24. The van der Waals surface area contributed by atoms with Crippen molar-refractivity contribution in [2.45, 2.75) is 32.7 Å². The first kappa shape index (κ1) is 16.2. The molecule has 0 aromatic heterocycles. The Balaban J connectivity index is 1.73. The van der Waals surface area contributed by atoms with Crippen LogP contribution in [-0.2, 0) is 4.79 Å². The third-order valence-electron chi connectivity index (χ3n) is 4.40. The molecule has 1 saturated heterocycles. The van der Waals surface area contributed by atoms with E-state index in [1.165, 1.54) is 0 Å². The molecule has 1 fully saturated rings. The lowest BCUT2D eigenvalue weighted by Crippen LogP contribution is -2.43. The molecule has 1 N–H and O–H groups in total. The molecule has 1 heterocycles.